The number of esters is 1. The van der Waals surface area contributed by atoms with E-state index in [-0.39, 0.29) is 6.04 Å². The van der Waals surface area contributed by atoms with E-state index in [0.29, 0.717) is 17.1 Å². The summed E-state index contributed by atoms with van der Waals surface area (Å²) in [6.07, 6.45) is 2.57. The molecule has 19 heavy (non-hydrogen) atoms. The van der Waals surface area contributed by atoms with Gasteiger partial charge in [0, 0.05) is 12.2 Å². The summed E-state index contributed by atoms with van der Waals surface area (Å²) < 4.78 is 4.68. The number of ether oxygens (including phenoxy) is 1. The number of nitrogens with zero attached hydrogens (tertiary/aromatic N) is 1. The maximum absolute atomic E-state index is 11.5. The van der Waals surface area contributed by atoms with Gasteiger partial charge < -0.3 is 15.8 Å². The molecule has 0 spiro atoms. The number of aromatic nitrogens is 1. The average Bonchev–Trinajstić information content (AvgIpc) is 2.40. The molecular formula is C13H21N3O2S. The van der Waals surface area contributed by atoms with E-state index in [4.69, 9.17) is 5.73 Å². The fourth-order valence-electron chi connectivity index (χ4n) is 1.59. The zero-order chi connectivity index (χ0) is 14.3. The second-order valence-corrected chi connectivity index (χ2v) is 5.54. The summed E-state index contributed by atoms with van der Waals surface area (Å²) in [7, 11) is 1.33. The van der Waals surface area contributed by atoms with Gasteiger partial charge in [-0.05, 0) is 30.9 Å². The van der Waals surface area contributed by atoms with Crippen LogP contribution in [0.2, 0.25) is 0 Å². The molecule has 1 unspecified atom stereocenters. The van der Waals surface area contributed by atoms with Crippen molar-refractivity contribution in [2.45, 2.75) is 26.3 Å². The van der Waals surface area contributed by atoms with Crippen LogP contribution in [0.25, 0.3) is 0 Å². The summed E-state index contributed by atoms with van der Waals surface area (Å²) in [6.45, 7) is 4.21. The van der Waals surface area contributed by atoms with Crippen LogP contribution in [0.15, 0.2) is 12.3 Å². The third-order valence-corrected chi connectivity index (χ3v) is 3.61. The van der Waals surface area contributed by atoms with Crippen molar-refractivity contribution in [1.29, 1.82) is 0 Å². The molecule has 0 aliphatic rings. The van der Waals surface area contributed by atoms with E-state index in [1.165, 1.54) is 7.11 Å². The Labute approximate surface area is 118 Å². The van der Waals surface area contributed by atoms with Gasteiger partial charge in [0.25, 0.3) is 0 Å². The van der Waals surface area contributed by atoms with Gasteiger partial charge in [-0.1, -0.05) is 6.92 Å². The van der Waals surface area contributed by atoms with Crippen LogP contribution in [0.4, 0.5) is 11.5 Å². The van der Waals surface area contributed by atoms with E-state index >= 15 is 0 Å². The third kappa shape index (κ3) is 4.63. The Morgan fingerprint density at radius 3 is 3.00 bits per heavy atom. The highest BCUT2D eigenvalue weighted by Crippen LogP contribution is 2.22. The highest BCUT2D eigenvalue weighted by atomic mass is 32.2. The molecule has 3 N–H and O–H groups in total. The Hall–Kier alpha value is -1.43. The molecule has 0 bridgehead atoms. The molecule has 106 valence electrons. The standard InChI is InChI=1S/C13H21N3O2S/c1-4-19-8-6-9(2)16-12-11(14)10(5-7-15-12)13(17)18-3/h5,7,9H,4,6,8,14H2,1-3H3,(H,15,16). The molecule has 1 aromatic rings. The Morgan fingerprint density at radius 2 is 2.37 bits per heavy atom. The molecule has 6 heteroatoms. The van der Waals surface area contributed by atoms with Crippen molar-refractivity contribution in [2.75, 3.05) is 29.7 Å². The van der Waals surface area contributed by atoms with Gasteiger partial charge >= 0.3 is 5.97 Å². The van der Waals surface area contributed by atoms with E-state index in [2.05, 4.69) is 28.9 Å². The fraction of sp³-hybridized carbons (Fsp3) is 0.538. The van der Waals surface area contributed by atoms with Crippen molar-refractivity contribution in [3.8, 4) is 0 Å². The Bertz CT molecular complexity index is 426. The van der Waals surface area contributed by atoms with Crippen molar-refractivity contribution >= 4 is 29.2 Å². The van der Waals surface area contributed by atoms with Crippen LogP contribution in [-0.2, 0) is 4.74 Å². The molecule has 0 radical (unpaired) electrons. The number of carbonyl (C=O) groups excluding carboxylic acids is 1. The van der Waals surface area contributed by atoms with Gasteiger partial charge in [0.05, 0.1) is 18.4 Å². The molecule has 0 aromatic carbocycles. The molecule has 0 fully saturated rings. The van der Waals surface area contributed by atoms with Crippen molar-refractivity contribution in [3.05, 3.63) is 17.8 Å². The lowest BCUT2D eigenvalue weighted by Gasteiger charge is -2.16. The zero-order valence-corrected chi connectivity index (χ0v) is 12.4. The highest BCUT2D eigenvalue weighted by Gasteiger charge is 2.14. The van der Waals surface area contributed by atoms with Crippen LogP contribution in [0.1, 0.15) is 30.6 Å². The topological polar surface area (TPSA) is 77.2 Å². The van der Waals surface area contributed by atoms with Crippen LogP contribution < -0.4 is 11.1 Å². The Balaban J connectivity index is 2.70. The first kappa shape index (κ1) is 15.6. The first-order valence-corrected chi connectivity index (χ1v) is 7.42. The molecule has 5 nitrogen and oxygen atoms in total. The summed E-state index contributed by atoms with van der Waals surface area (Å²) in [5.74, 6) is 2.29. The van der Waals surface area contributed by atoms with E-state index in [9.17, 15) is 4.79 Å². The van der Waals surface area contributed by atoms with Crippen molar-refractivity contribution < 1.29 is 9.53 Å². The van der Waals surface area contributed by atoms with Gasteiger partial charge in [0.2, 0.25) is 0 Å². The maximum Gasteiger partial charge on any atom is 0.340 e. The second-order valence-electron chi connectivity index (χ2n) is 4.14. The SMILES string of the molecule is CCSCCC(C)Nc1nccc(C(=O)OC)c1N. The fourth-order valence-corrected chi connectivity index (χ4v) is 2.40. The molecule has 0 amide bonds. The lowest BCUT2D eigenvalue weighted by Crippen LogP contribution is -2.19. The van der Waals surface area contributed by atoms with Gasteiger partial charge in [-0.15, -0.1) is 0 Å². The van der Waals surface area contributed by atoms with Crippen molar-refractivity contribution in [2.24, 2.45) is 0 Å². The molecule has 0 saturated carbocycles. The lowest BCUT2D eigenvalue weighted by atomic mass is 10.2. The van der Waals surface area contributed by atoms with Gasteiger partial charge in [0.15, 0.2) is 0 Å². The number of anilines is 2. The van der Waals surface area contributed by atoms with E-state index in [1.54, 1.807) is 12.3 Å². The van der Waals surface area contributed by atoms with Crippen LogP contribution in [0.3, 0.4) is 0 Å². The van der Waals surface area contributed by atoms with Gasteiger partial charge in [-0.25, -0.2) is 9.78 Å². The largest absolute Gasteiger partial charge is 0.465 e. The molecule has 1 atom stereocenters. The van der Waals surface area contributed by atoms with Crippen LogP contribution in [0, 0.1) is 0 Å². The van der Waals surface area contributed by atoms with Crippen molar-refractivity contribution in [1.82, 2.24) is 4.98 Å². The summed E-state index contributed by atoms with van der Waals surface area (Å²) >= 11 is 1.90. The predicted molar refractivity (Wildman–Crippen MR) is 80.7 cm³/mol. The molecule has 0 saturated heterocycles. The minimum atomic E-state index is -0.447. The predicted octanol–water partition coefficient (Wildman–Crippen LogP) is 2.39. The van der Waals surface area contributed by atoms with E-state index in [1.807, 2.05) is 11.8 Å². The molecule has 0 aliphatic carbocycles. The number of methoxy groups -OCH3 is 1. The molecular weight excluding hydrogens is 262 g/mol. The number of rotatable bonds is 7. The lowest BCUT2D eigenvalue weighted by molar-refractivity contribution is 0.0602. The van der Waals surface area contributed by atoms with Crippen LogP contribution in [0.5, 0.6) is 0 Å². The van der Waals surface area contributed by atoms with Gasteiger partial charge in [0.1, 0.15) is 5.82 Å². The maximum atomic E-state index is 11.5. The number of hydrogen-bond donors (Lipinski definition) is 2. The normalized spacial score (nSPS) is 11.9. The minimum absolute atomic E-state index is 0.252. The number of hydrogen-bond acceptors (Lipinski definition) is 6. The van der Waals surface area contributed by atoms with Gasteiger partial charge in [-0.2, -0.15) is 11.8 Å². The summed E-state index contributed by atoms with van der Waals surface area (Å²) in [5, 5.41) is 3.23. The Morgan fingerprint density at radius 1 is 1.63 bits per heavy atom. The Kier molecular flexibility index (Phi) is 6.49. The second kappa shape index (κ2) is 7.89. The first-order valence-electron chi connectivity index (χ1n) is 6.27. The highest BCUT2D eigenvalue weighted by molar-refractivity contribution is 7.99. The summed E-state index contributed by atoms with van der Waals surface area (Å²) in [4.78, 5) is 15.7. The molecule has 1 heterocycles. The summed E-state index contributed by atoms with van der Waals surface area (Å²) in [5.41, 5.74) is 6.61. The number of carbonyl (C=O) groups is 1. The number of pyridine rings is 1. The van der Waals surface area contributed by atoms with Gasteiger partial charge in [-0.3, -0.25) is 0 Å². The summed E-state index contributed by atoms with van der Waals surface area (Å²) in [6, 6.07) is 1.81. The number of nitrogens with two attached hydrogens (primary N) is 1. The average molecular weight is 283 g/mol. The number of nitrogens with one attached hydrogen (secondary N) is 1. The monoisotopic (exact) mass is 283 g/mol. The minimum Gasteiger partial charge on any atom is -0.465 e. The van der Waals surface area contributed by atoms with E-state index < -0.39 is 5.97 Å². The zero-order valence-electron chi connectivity index (χ0n) is 11.6. The number of thioether (sulfide) groups is 1. The van der Waals surface area contributed by atoms with E-state index in [0.717, 1.165) is 17.9 Å². The van der Waals surface area contributed by atoms with Crippen LogP contribution >= 0.6 is 11.8 Å². The quantitative estimate of drug-likeness (QED) is 0.591. The van der Waals surface area contributed by atoms with Crippen LogP contribution in [-0.4, -0.2) is 35.6 Å². The smallest absolute Gasteiger partial charge is 0.340 e. The molecule has 1 rings (SSSR count). The molecule has 0 aliphatic heterocycles. The molecule has 1 aromatic heterocycles. The first-order chi connectivity index (χ1) is 9.10. The van der Waals surface area contributed by atoms with Crippen molar-refractivity contribution in [3.63, 3.8) is 0 Å². The number of nitrogen functional groups attached to an aromatic ring is 1. The third-order valence-electron chi connectivity index (χ3n) is 2.68.